The van der Waals surface area contributed by atoms with Crippen LogP contribution >= 0.6 is 0 Å². The lowest BCUT2D eigenvalue weighted by atomic mass is 10.0. The summed E-state index contributed by atoms with van der Waals surface area (Å²) in [6.07, 6.45) is 0.135. The maximum Gasteiger partial charge on any atom is 0.243 e. The van der Waals surface area contributed by atoms with Crippen LogP contribution in [-0.4, -0.2) is 30.4 Å². The van der Waals surface area contributed by atoms with Gasteiger partial charge in [0.15, 0.2) is 0 Å². The average molecular weight is 285 g/mol. The van der Waals surface area contributed by atoms with Crippen LogP contribution in [0.5, 0.6) is 0 Å². The molecule has 1 atom stereocenters. The van der Waals surface area contributed by atoms with Crippen molar-refractivity contribution < 1.29 is 13.5 Å². The molecule has 0 aromatic heterocycles. The fraction of sp³-hybridized carbons (Fsp3) is 0.571. The number of rotatable bonds is 5. The van der Waals surface area contributed by atoms with Gasteiger partial charge in [-0.2, -0.15) is 4.31 Å². The Hall–Kier alpha value is -0.910. The Kier molecular flexibility index (Phi) is 4.76. The number of hydrogen-bond acceptors (Lipinski definition) is 3. The van der Waals surface area contributed by atoms with Crippen LogP contribution < -0.4 is 0 Å². The van der Waals surface area contributed by atoms with Crippen molar-refractivity contribution in [1.82, 2.24) is 4.31 Å². The highest BCUT2D eigenvalue weighted by molar-refractivity contribution is 7.89. The third-order valence-electron chi connectivity index (χ3n) is 3.74. The Morgan fingerprint density at radius 2 is 1.74 bits per heavy atom. The monoisotopic (exact) mass is 285 g/mol. The lowest BCUT2D eigenvalue weighted by Crippen LogP contribution is -2.44. The molecule has 1 aromatic carbocycles. The topological polar surface area (TPSA) is 57.6 Å². The molecule has 19 heavy (non-hydrogen) atoms. The van der Waals surface area contributed by atoms with E-state index in [0.29, 0.717) is 5.56 Å². The number of hydrogen-bond donors (Lipinski definition) is 1. The van der Waals surface area contributed by atoms with E-state index in [1.807, 2.05) is 20.8 Å². The first-order valence-electron chi connectivity index (χ1n) is 6.40. The number of nitrogens with zero attached hydrogens (tertiary/aromatic N) is 1. The molecule has 1 N–H and O–H groups in total. The van der Waals surface area contributed by atoms with E-state index in [0.717, 1.165) is 6.42 Å². The van der Waals surface area contributed by atoms with Gasteiger partial charge in [0.2, 0.25) is 10.0 Å². The summed E-state index contributed by atoms with van der Waals surface area (Å²) < 4.78 is 26.4. The zero-order valence-corrected chi connectivity index (χ0v) is 13.0. The number of aliphatic hydroxyl groups excluding tert-OH is 1. The Morgan fingerprint density at radius 1 is 1.26 bits per heavy atom. The van der Waals surface area contributed by atoms with Gasteiger partial charge in [-0.1, -0.05) is 19.1 Å². The minimum Gasteiger partial charge on any atom is -0.389 e. The minimum atomic E-state index is -3.50. The second-order valence-corrected chi connectivity index (χ2v) is 7.35. The summed E-state index contributed by atoms with van der Waals surface area (Å²) in [5.74, 6) is 0. The predicted molar refractivity (Wildman–Crippen MR) is 76.4 cm³/mol. The molecular formula is C14H23NO3S. The highest BCUT2D eigenvalue weighted by Crippen LogP contribution is 2.26. The van der Waals surface area contributed by atoms with Gasteiger partial charge in [-0.15, -0.1) is 0 Å². The number of sulfonamides is 1. The molecule has 5 heteroatoms. The molecule has 0 fully saturated rings. The molecule has 0 aliphatic rings. The molecule has 1 unspecified atom stereocenters. The summed E-state index contributed by atoms with van der Waals surface area (Å²) in [7, 11) is -1.90. The summed E-state index contributed by atoms with van der Waals surface area (Å²) in [5, 5.41) is 9.43. The summed E-state index contributed by atoms with van der Waals surface area (Å²) in [4.78, 5) is 0.251. The average Bonchev–Trinajstić information content (AvgIpc) is 2.37. The van der Waals surface area contributed by atoms with Crippen molar-refractivity contribution in [2.45, 2.75) is 50.7 Å². The van der Waals surface area contributed by atoms with E-state index in [9.17, 15) is 13.5 Å². The fourth-order valence-electron chi connectivity index (χ4n) is 1.62. The third-order valence-corrected chi connectivity index (χ3v) is 5.82. The SMILES string of the molecule is CCC(C)(C)N(C)S(=O)(=O)c1ccc(C(C)O)cc1. The van der Waals surface area contributed by atoms with Gasteiger partial charge in [-0.3, -0.25) is 0 Å². The molecule has 1 aromatic rings. The summed E-state index contributed by atoms with van der Waals surface area (Å²) in [6, 6.07) is 6.37. The molecule has 4 nitrogen and oxygen atoms in total. The van der Waals surface area contributed by atoms with Crippen LogP contribution in [0.3, 0.4) is 0 Å². The maximum atomic E-state index is 12.5. The lowest BCUT2D eigenvalue weighted by Gasteiger charge is -2.33. The summed E-state index contributed by atoms with van der Waals surface area (Å²) >= 11 is 0. The molecule has 0 amide bonds. The molecule has 108 valence electrons. The summed E-state index contributed by atoms with van der Waals surface area (Å²) in [5.41, 5.74) is 0.276. The van der Waals surface area contributed by atoms with Gasteiger partial charge in [0.05, 0.1) is 11.0 Å². The van der Waals surface area contributed by atoms with E-state index < -0.39 is 21.7 Å². The van der Waals surface area contributed by atoms with Gasteiger partial charge in [0.1, 0.15) is 0 Å². The Labute approximate surface area is 116 Å². The van der Waals surface area contributed by atoms with Gasteiger partial charge >= 0.3 is 0 Å². The van der Waals surface area contributed by atoms with Crippen molar-refractivity contribution in [3.63, 3.8) is 0 Å². The highest BCUT2D eigenvalue weighted by Gasteiger charge is 2.32. The number of aliphatic hydroxyl groups is 1. The molecule has 1 rings (SSSR count). The van der Waals surface area contributed by atoms with Crippen molar-refractivity contribution in [1.29, 1.82) is 0 Å². The van der Waals surface area contributed by atoms with E-state index in [4.69, 9.17) is 0 Å². The highest BCUT2D eigenvalue weighted by atomic mass is 32.2. The van der Waals surface area contributed by atoms with Crippen LogP contribution in [0.1, 0.15) is 45.8 Å². The standard InChI is InChI=1S/C14H23NO3S/c1-6-14(3,4)15(5)19(17,18)13-9-7-12(8-10-13)11(2)16/h7-11,16H,6H2,1-5H3. The second kappa shape index (κ2) is 5.61. The Morgan fingerprint density at radius 3 is 2.11 bits per heavy atom. The Balaban J connectivity index is 3.14. The molecule has 0 saturated carbocycles. The van der Waals surface area contributed by atoms with E-state index in [2.05, 4.69) is 0 Å². The fourth-order valence-corrected chi connectivity index (χ4v) is 3.20. The van der Waals surface area contributed by atoms with E-state index >= 15 is 0 Å². The van der Waals surface area contributed by atoms with E-state index in [-0.39, 0.29) is 4.90 Å². The normalized spacial score (nSPS) is 14.7. The van der Waals surface area contributed by atoms with Gasteiger partial charge in [0.25, 0.3) is 0 Å². The summed E-state index contributed by atoms with van der Waals surface area (Å²) in [6.45, 7) is 7.40. The molecule has 0 aliphatic carbocycles. The molecular weight excluding hydrogens is 262 g/mol. The largest absolute Gasteiger partial charge is 0.389 e. The zero-order valence-electron chi connectivity index (χ0n) is 12.2. The van der Waals surface area contributed by atoms with Gasteiger partial charge in [-0.05, 0) is 44.9 Å². The predicted octanol–water partition coefficient (Wildman–Crippen LogP) is 2.55. The Bertz CT molecular complexity index is 518. The van der Waals surface area contributed by atoms with Gasteiger partial charge < -0.3 is 5.11 Å². The maximum absolute atomic E-state index is 12.5. The molecule has 0 spiro atoms. The van der Waals surface area contributed by atoms with Gasteiger partial charge in [0, 0.05) is 12.6 Å². The van der Waals surface area contributed by atoms with Crippen LogP contribution in [0.2, 0.25) is 0 Å². The first kappa shape index (κ1) is 16.1. The van der Waals surface area contributed by atoms with Crippen molar-refractivity contribution in [3.05, 3.63) is 29.8 Å². The van der Waals surface area contributed by atoms with Gasteiger partial charge in [-0.25, -0.2) is 8.42 Å². The lowest BCUT2D eigenvalue weighted by molar-refractivity contribution is 0.199. The van der Waals surface area contributed by atoms with Crippen LogP contribution in [-0.2, 0) is 10.0 Å². The second-order valence-electron chi connectivity index (χ2n) is 5.38. The van der Waals surface area contributed by atoms with Crippen LogP contribution in [0.4, 0.5) is 0 Å². The third kappa shape index (κ3) is 3.35. The smallest absolute Gasteiger partial charge is 0.243 e. The molecule has 0 bridgehead atoms. The van der Waals surface area contributed by atoms with Crippen molar-refractivity contribution in [2.75, 3.05) is 7.05 Å². The van der Waals surface area contributed by atoms with E-state index in [1.165, 1.54) is 4.31 Å². The molecule has 0 saturated heterocycles. The van der Waals surface area contributed by atoms with Crippen LogP contribution in [0.25, 0.3) is 0 Å². The molecule has 0 radical (unpaired) electrons. The zero-order chi connectivity index (χ0) is 14.8. The first-order valence-corrected chi connectivity index (χ1v) is 7.84. The van der Waals surface area contributed by atoms with Crippen LogP contribution in [0, 0.1) is 0 Å². The van der Waals surface area contributed by atoms with Crippen molar-refractivity contribution in [2.24, 2.45) is 0 Å². The first-order chi connectivity index (χ1) is 8.63. The molecule has 0 heterocycles. The number of benzene rings is 1. The van der Waals surface area contributed by atoms with Crippen LogP contribution in [0.15, 0.2) is 29.2 Å². The minimum absolute atomic E-state index is 0.251. The molecule has 0 aliphatic heterocycles. The quantitative estimate of drug-likeness (QED) is 0.904. The van der Waals surface area contributed by atoms with Crippen molar-refractivity contribution in [3.8, 4) is 0 Å². The van der Waals surface area contributed by atoms with Crippen molar-refractivity contribution >= 4 is 10.0 Å². The van der Waals surface area contributed by atoms with E-state index in [1.54, 1.807) is 38.2 Å².